The number of nitrogens with one attached hydrogen (secondary N) is 1. The maximum atomic E-state index is 11.4. The van der Waals surface area contributed by atoms with E-state index in [1.807, 2.05) is 6.92 Å². The van der Waals surface area contributed by atoms with Gasteiger partial charge in [0.1, 0.15) is 5.75 Å². The smallest absolute Gasteiger partial charge is 0.224 e. The molecule has 0 bridgehead atoms. The Balaban J connectivity index is 2.82. The lowest BCUT2D eigenvalue weighted by atomic mass is 10.2. The minimum Gasteiger partial charge on any atom is -0.495 e. The standard InChI is InChI=1S/C11H14ClNO2/c1-3-4-11(14)13-9-7-8(12)5-6-10(9)15-2/h5-7H,3-4H2,1-2H3,(H,13,14). The first-order valence-corrected chi connectivity index (χ1v) is 5.18. The molecule has 15 heavy (non-hydrogen) atoms. The van der Waals surface area contributed by atoms with Crippen molar-refractivity contribution < 1.29 is 9.53 Å². The van der Waals surface area contributed by atoms with Crippen LogP contribution in [-0.2, 0) is 4.79 Å². The third-order valence-electron chi connectivity index (χ3n) is 1.91. The molecule has 0 aliphatic carbocycles. The Morgan fingerprint density at radius 2 is 2.27 bits per heavy atom. The number of ether oxygens (including phenoxy) is 1. The summed E-state index contributed by atoms with van der Waals surface area (Å²) in [5, 5.41) is 3.33. The van der Waals surface area contributed by atoms with Crippen molar-refractivity contribution in [1.82, 2.24) is 0 Å². The first-order chi connectivity index (χ1) is 7.17. The highest BCUT2D eigenvalue weighted by molar-refractivity contribution is 6.31. The fraction of sp³-hybridized carbons (Fsp3) is 0.364. The fourth-order valence-corrected chi connectivity index (χ4v) is 1.39. The van der Waals surface area contributed by atoms with Crippen molar-refractivity contribution >= 4 is 23.2 Å². The number of anilines is 1. The zero-order valence-electron chi connectivity index (χ0n) is 8.84. The van der Waals surface area contributed by atoms with Gasteiger partial charge in [-0.05, 0) is 24.6 Å². The van der Waals surface area contributed by atoms with E-state index >= 15 is 0 Å². The van der Waals surface area contributed by atoms with Crippen molar-refractivity contribution in [1.29, 1.82) is 0 Å². The molecule has 0 aliphatic heterocycles. The van der Waals surface area contributed by atoms with Crippen molar-refractivity contribution in [3.63, 3.8) is 0 Å². The maximum absolute atomic E-state index is 11.4. The molecular weight excluding hydrogens is 214 g/mol. The van der Waals surface area contributed by atoms with Gasteiger partial charge in [-0.15, -0.1) is 0 Å². The van der Waals surface area contributed by atoms with Gasteiger partial charge in [0.2, 0.25) is 5.91 Å². The Morgan fingerprint density at radius 3 is 2.87 bits per heavy atom. The van der Waals surface area contributed by atoms with E-state index in [0.29, 0.717) is 22.9 Å². The SMILES string of the molecule is CCCC(=O)Nc1cc(Cl)ccc1OC. The summed E-state index contributed by atoms with van der Waals surface area (Å²) in [5.41, 5.74) is 0.614. The molecule has 3 nitrogen and oxygen atoms in total. The predicted octanol–water partition coefficient (Wildman–Crippen LogP) is 3.09. The van der Waals surface area contributed by atoms with E-state index in [0.717, 1.165) is 6.42 Å². The van der Waals surface area contributed by atoms with Crippen LogP contribution >= 0.6 is 11.6 Å². The Labute approximate surface area is 94.4 Å². The zero-order valence-corrected chi connectivity index (χ0v) is 9.60. The number of benzene rings is 1. The van der Waals surface area contributed by atoms with Crippen molar-refractivity contribution in [2.75, 3.05) is 12.4 Å². The van der Waals surface area contributed by atoms with Crippen molar-refractivity contribution in [2.24, 2.45) is 0 Å². The number of hydrogen-bond donors (Lipinski definition) is 1. The average Bonchev–Trinajstić information content (AvgIpc) is 2.18. The lowest BCUT2D eigenvalue weighted by Crippen LogP contribution is -2.11. The normalized spacial score (nSPS) is 9.80. The van der Waals surface area contributed by atoms with E-state index in [-0.39, 0.29) is 5.91 Å². The van der Waals surface area contributed by atoms with Gasteiger partial charge in [-0.1, -0.05) is 18.5 Å². The van der Waals surface area contributed by atoms with Crippen LogP contribution in [-0.4, -0.2) is 13.0 Å². The molecule has 0 aliphatic rings. The molecular formula is C11H14ClNO2. The highest BCUT2D eigenvalue weighted by Gasteiger charge is 2.06. The number of carbonyl (C=O) groups is 1. The number of hydrogen-bond acceptors (Lipinski definition) is 2. The number of halogens is 1. The van der Waals surface area contributed by atoms with Crippen LogP contribution in [0.5, 0.6) is 5.75 Å². The van der Waals surface area contributed by atoms with Gasteiger partial charge < -0.3 is 10.1 Å². The molecule has 1 aromatic rings. The highest BCUT2D eigenvalue weighted by Crippen LogP contribution is 2.27. The van der Waals surface area contributed by atoms with Crippen molar-refractivity contribution in [3.05, 3.63) is 23.2 Å². The molecule has 0 heterocycles. The predicted molar refractivity (Wildman–Crippen MR) is 61.5 cm³/mol. The molecule has 1 amide bonds. The van der Waals surface area contributed by atoms with Gasteiger partial charge in [0.15, 0.2) is 0 Å². The lowest BCUT2D eigenvalue weighted by Gasteiger charge is -2.09. The molecule has 0 aromatic heterocycles. The molecule has 0 saturated heterocycles. The molecule has 82 valence electrons. The Bertz CT molecular complexity index is 352. The monoisotopic (exact) mass is 227 g/mol. The maximum Gasteiger partial charge on any atom is 0.224 e. The number of rotatable bonds is 4. The van der Waals surface area contributed by atoms with Crippen LogP contribution in [0.1, 0.15) is 19.8 Å². The van der Waals surface area contributed by atoms with Crippen LogP contribution in [0, 0.1) is 0 Å². The third kappa shape index (κ3) is 3.44. The molecule has 1 rings (SSSR count). The highest BCUT2D eigenvalue weighted by atomic mass is 35.5. The summed E-state index contributed by atoms with van der Waals surface area (Å²) >= 11 is 5.83. The van der Waals surface area contributed by atoms with Gasteiger partial charge >= 0.3 is 0 Å². The van der Waals surface area contributed by atoms with Gasteiger partial charge in [0, 0.05) is 11.4 Å². The van der Waals surface area contributed by atoms with Crippen LogP contribution in [0.15, 0.2) is 18.2 Å². The van der Waals surface area contributed by atoms with Gasteiger partial charge in [0.05, 0.1) is 12.8 Å². The molecule has 1 aromatic carbocycles. The summed E-state index contributed by atoms with van der Waals surface area (Å²) in [5.74, 6) is 0.585. The van der Waals surface area contributed by atoms with Crippen LogP contribution in [0.2, 0.25) is 5.02 Å². The van der Waals surface area contributed by atoms with Crippen LogP contribution in [0.25, 0.3) is 0 Å². The summed E-state index contributed by atoms with van der Waals surface area (Å²) < 4.78 is 5.11. The summed E-state index contributed by atoms with van der Waals surface area (Å²) in [6.45, 7) is 1.95. The van der Waals surface area contributed by atoms with E-state index < -0.39 is 0 Å². The Kier molecular flexibility index (Phi) is 4.43. The molecule has 0 atom stereocenters. The second-order valence-electron chi connectivity index (χ2n) is 3.14. The zero-order chi connectivity index (χ0) is 11.3. The third-order valence-corrected chi connectivity index (χ3v) is 2.15. The summed E-state index contributed by atoms with van der Waals surface area (Å²) in [4.78, 5) is 11.4. The van der Waals surface area contributed by atoms with Gasteiger partial charge in [-0.25, -0.2) is 0 Å². The Morgan fingerprint density at radius 1 is 1.53 bits per heavy atom. The van der Waals surface area contributed by atoms with E-state index in [2.05, 4.69) is 5.32 Å². The number of carbonyl (C=O) groups excluding carboxylic acids is 1. The second-order valence-corrected chi connectivity index (χ2v) is 3.58. The molecule has 0 fully saturated rings. The summed E-state index contributed by atoms with van der Waals surface area (Å²) in [7, 11) is 1.55. The molecule has 4 heteroatoms. The number of amides is 1. The number of methoxy groups -OCH3 is 1. The quantitative estimate of drug-likeness (QED) is 0.859. The first kappa shape index (κ1) is 11.9. The van der Waals surface area contributed by atoms with Crippen molar-refractivity contribution in [2.45, 2.75) is 19.8 Å². The second kappa shape index (κ2) is 5.61. The van der Waals surface area contributed by atoms with Crippen molar-refractivity contribution in [3.8, 4) is 5.75 Å². The summed E-state index contributed by atoms with van der Waals surface area (Å²) in [6, 6.07) is 5.12. The summed E-state index contributed by atoms with van der Waals surface area (Å²) in [6.07, 6.45) is 1.31. The molecule has 0 unspecified atom stereocenters. The minimum absolute atomic E-state index is 0.0296. The topological polar surface area (TPSA) is 38.3 Å². The fourth-order valence-electron chi connectivity index (χ4n) is 1.22. The van der Waals surface area contributed by atoms with Crippen LogP contribution in [0.4, 0.5) is 5.69 Å². The van der Waals surface area contributed by atoms with Gasteiger partial charge in [-0.3, -0.25) is 4.79 Å². The van der Waals surface area contributed by atoms with Gasteiger partial charge in [0.25, 0.3) is 0 Å². The molecule has 0 radical (unpaired) electrons. The lowest BCUT2D eigenvalue weighted by molar-refractivity contribution is -0.116. The molecule has 0 saturated carbocycles. The van der Waals surface area contributed by atoms with E-state index in [1.54, 1.807) is 25.3 Å². The molecule has 0 spiro atoms. The minimum atomic E-state index is -0.0296. The first-order valence-electron chi connectivity index (χ1n) is 4.80. The average molecular weight is 228 g/mol. The van der Waals surface area contributed by atoms with E-state index in [9.17, 15) is 4.79 Å². The van der Waals surface area contributed by atoms with E-state index in [4.69, 9.17) is 16.3 Å². The van der Waals surface area contributed by atoms with Crippen LogP contribution in [0.3, 0.4) is 0 Å². The van der Waals surface area contributed by atoms with E-state index in [1.165, 1.54) is 0 Å². The largest absolute Gasteiger partial charge is 0.495 e. The van der Waals surface area contributed by atoms with Gasteiger partial charge in [-0.2, -0.15) is 0 Å². The Hall–Kier alpha value is -1.22. The molecule has 1 N–H and O–H groups in total. The van der Waals surface area contributed by atoms with Crippen LogP contribution < -0.4 is 10.1 Å².